The normalized spacial score (nSPS) is 12.4. The third kappa shape index (κ3) is 4.85. The molecule has 0 aliphatic heterocycles. The van der Waals surface area contributed by atoms with E-state index in [0.29, 0.717) is 11.5 Å². The molecule has 0 aliphatic carbocycles. The second kappa shape index (κ2) is 8.66. The molecule has 1 heterocycles. The predicted molar refractivity (Wildman–Crippen MR) is 114 cm³/mol. The van der Waals surface area contributed by atoms with Gasteiger partial charge in [-0.1, -0.05) is 53.2 Å². The molecule has 1 amide bonds. The molecular weight excluding hydrogens is 404 g/mol. The third-order valence-corrected chi connectivity index (χ3v) is 5.85. The van der Waals surface area contributed by atoms with Crippen molar-refractivity contribution in [3.8, 4) is 11.4 Å². The van der Waals surface area contributed by atoms with Gasteiger partial charge in [0.25, 0.3) is 0 Å². The van der Waals surface area contributed by atoms with E-state index >= 15 is 0 Å². The summed E-state index contributed by atoms with van der Waals surface area (Å²) in [5.74, 6) is 0.301. The van der Waals surface area contributed by atoms with Crippen LogP contribution in [0.15, 0.2) is 59.1 Å². The summed E-state index contributed by atoms with van der Waals surface area (Å²) in [5.41, 5.74) is 2.23. The first kappa shape index (κ1) is 21.5. The highest BCUT2D eigenvalue weighted by atomic mass is 32.2. The second-order valence-electron chi connectivity index (χ2n) is 7.14. The van der Waals surface area contributed by atoms with Crippen molar-refractivity contribution in [1.82, 2.24) is 15.0 Å². The summed E-state index contributed by atoms with van der Waals surface area (Å²) in [7, 11) is -2.11. The van der Waals surface area contributed by atoms with Gasteiger partial charge in [-0.3, -0.25) is 9.10 Å². The van der Waals surface area contributed by atoms with Gasteiger partial charge >= 0.3 is 0 Å². The molecule has 0 saturated heterocycles. The number of benzene rings is 2. The first-order valence-corrected chi connectivity index (χ1v) is 11.2. The number of hydrogen-bond donors (Lipinski definition) is 0. The minimum Gasteiger partial charge on any atom is -0.337 e. The van der Waals surface area contributed by atoms with Gasteiger partial charge in [-0.2, -0.15) is 4.98 Å². The van der Waals surface area contributed by atoms with Crippen LogP contribution in [-0.4, -0.2) is 48.7 Å². The Labute approximate surface area is 176 Å². The van der Waals surface area contributed by atoms with E-state index in [1.807, 2.05) is 37.3 Å². The zero-order valence-corrected chi connectivity index (χ0v) is 18.1. The molecule has 0 radical (unpaired) electrons. The fourth-order valence-corrected chi connectivity index (χ4v) is 4.29. The van der Waals surface area contributed by atoms with Gasteiger partial charge in [0.15, 0.2) is 0 Å². The van der Waals surface area contributed by atoms with Gasteiger partial charge in [-0.15, -0.1) is 0 Å². The number of aryl methyl sites for hydroxylation is 1. The van der Waals surface area contributed by atoms with Crippen LogP contribution in [0.2, 0.25) is 0 Å². The molecule has 30 heavy (non-hydrogen) atoms. The molecule has 0 aliphatic rings. The quantitative estimate of drug-likeness (QED) is 0.574. The lowest BCUT2D eigenvalue weighted by molar-refractivity contribution is -0.131. The molecule has 0 bridgehead atoms. The monoisotopic (exact) mass is 428 g/mol. The molecule has 3 rings (SSSR count). The average molecular weight is 429 g/mol. The highest BCUT2D eigenvalue weighted by Gasteiger charge is 2.31. The first-order valence-electron chi connectivity index (χ1n) is 9.36. The van der Waals surface area contributed by atoms with Crippen molar-refractivity contribution in [3.63, 3.8) is 0 Å². The molecule has 3 aromatic rings. The maximum atomic E-state index is 13.0. The first-order chi connectivity index (χ1) is 14.2. The van der Waals surface area contributed by atoms with Gasteiger partial charge in [0, 0.05) is 12.6 Å². The van der Waals surface area contributed by atoms with Crippen molar-refractivity contribution in [3.05, 3.63) is 66.1 Å². The van der Waals surface area contributed by atoms with Gasteiger partial charge in [0.1, 0.15) is 6.04 Å². The van der Waals surface area contributed by atoms with Crippen LogP contribution in [0.5, 0.6) is 0 Å². The van der Waals surface area contributed by atoms with Crippen LogP contribution < -0.4 is 4.31 Å². The largest absolute Gasteiger partial charge is 0.337 e. The van der Waals surface area contributed by atoms with Gasteiger partial charge in [0.2, 0.25) is 27.6 Å². The van der Waals surface area contributed by atoms with Gasteiger partial charge in [0.05, 0.1) is 18.5 Å². The lowest BCUT2D eigenvalue weighted by Gasteiger charge is -2.30. The SMILES string of the molecule is Cc1ccc(N([C@@H](C)C(=O)N(C)Cc2nc(-c3ccccc3)no2)S(C)(=O)=O)cc1. The molecule has 9 heteroatoms. The Morgan fingerprint density at radius 1 is 1.10 bits per heavy atom. The Morgan fingerprint density at radius 3 is 2.33 bits per heavy atom. The summed E-state index contributed by atoms with van der Waals surface area (Å²) in [6, 6.07) is 15.4. The van der Waals surface area contributed by atoms with E-state index in [2.05, 4.69) is 10.1 Å². The molecule has 0 unspecified atom stereocenters. The zero-order valence-electron chi connectivity index (χ0n) is 17.3. The zero-order chi connectivity index (χ0) is 21.9. The van der Waals surface area contributed by atoms with Crippen LogP contribution in [0.1, 0.15) is 18.4 Å². The van der Waals surface area contributed by atoms with Crippen LogP contribution in [0.4, 0.5) is 5.69 Å². The summed E-state index contributed by atoms with van der Waals surface area (Å²) in [6.45, 7) is 3.53. The Balaban J connectivity index is 1.77. The van der Waals surface area contributed by atoms with Crippen molar-refractivity contribution in [2.75, 3.05) is 17.6 Å². The van der Waals surface area contributed by atoms with E-state index in [-0.39, 0.29) is 18.3 Å². The van der Waals surface area contributed by atoms with E-state index in [9.17, 15) is 13.2 Å². The van der Waals surface area contributed by atoms with E-state index < -0.39 is 16.1 Å². The summed E-state index contributed by atoms with van der Waals surface area (Å²) in [4.78, 5) is 18.7. The molecule has 0 N–H and O–H groups in total. The van der Waals surface area contributed by atoms with Crippen LogP contribution in [-0.2, 0) is 21.4 Å². The standard InChI is InChI=1S/C21H24N4O4S/c1-15-10-12-18(13-11-15)25(30(4,27)28)16(2)21(26)24(3)14-19-22-20(23-29-19)17-8-6-5-7-9-17/h5-13,16H,14H2,1-4H3/t16-/m0/s1. The number of amides is 1. The number of hydrogen-bond acceptors (Lipinski definition) is 6. The Morgan fingerprint density at radius 2 is 1.73 bits per heavy atom. The molecule has 158 valence electrons. The number of anilines is 1. The molecule has 0 saturated carbocycles. The lowest BCUT2D eigenvalue weighted by Crippen LogP contribution is -2.48. The molecule has 1 atom stereocenters. The average Bonchev–Trinajstić information content (AvgIpc) is 3.17. The molecule has 0 fully saturated rings. The number of sulfonamides is 1. The number of aromatic nitrogens is 2. The van der Waals surface area contributed by atoms with Crippen LogP contribution in [0.25, 0.3) is 11.4 Å². The Hall–Kier alpha value is -3.20. The van der Waals surface area contributed by atoms with Crippen LogP contribution in [0, 0.1) is 6.92 Å². The van der Waals surface area contributed by atoms with Crippen molar-refractivity contribution in [1.29, 1.82) is 0 Å². The number of likely N-dealkylation sites (N-methyl/N-ethyl adjacent to an activating group) is 1. The summed E-state index contributed by atoms with van der Waals surface area (Å²) in [6.07, 6.45) is 1.08. The second-order valence-corrected chi connectivity index (χ2v) is 9.00. The van der Waals surface area contributed by atoms with Crippen molar-refractivity contribution in [2.45, 2.75) is 26.4 Å². The number of carbonyl (C=O) groups excluding carboxylic acids is 1. The maximum Gasteiger partial charge on any atom is 0.246 e. The minimum atomic E-state index is -3.68. The van der Waals surface area contributed by atoms with E-state index in [1.165, 1.54) is 4.90 Å². The lowest BCUT2D eigenvalue weighted by atomic mass is 10.2. The number of rotatable bonds is 7. The molecular formula is C21H24N4O4S. The highest BCUT2D eigenvalue weighted by Crippen LogP contribution is 2.22. The third-order valence-electron chi connectivity index (χ3n) is 4.60. The van der Waals surface area contributed by atoms with Gasteiger partial charge in [-0.05, 0) is 26.0 Å². The topological polar surface area (TPSA) is 96.6 Å². The molecule has 2 aromatic carbocycles. The Bertz CT molecular complexity index is 1110. The van der Waals surface area contributed by atoms with Crippen molar-refractivity contribution in [2.24, 2.45) is 0 Å². The molecule has 0 spiro atoms. The van der Waals surface area contributed by atoms with Crippen molar-refractivity contribution < 1.29 is 17.7 Å². The van der Waals surface area contributed by atoms with E-state index in [4.69, 9.17) is 4.52 Å². The summed E-state index contributed by atoms with van der Waals surface area (Å²) < 4.78 is 31.2. The molecule has 8 nitrogen and oxygen atoms in total. The molecule has 1 aromatic heterocycles. The summed E-state index contributed by atoms with van der Waals surface area (Å²) in [5, 5.41) is 3.94. The van der Waals surface area contributed by atoms with Crippen LogP contribution in [0.3, 0.4) is 0 Å². The van der Waals surface area contributed by atoms with E-state index in [1.54, 1.807) is 38.2 Å². The van der Waals surface area contributed by atoms with Crippen LogP contribution >= 0.6 is 0 Å². The number of carbonyl (C=O) groups is 1. The highest BCUT2D eigenvalue weighted by molar-refractivity contribution is 7.92. The number of nitrogens with zero attached hydrogens (tertiary/aromatic N) is 4. The maximum absolute atomic E-state index is 13.0. The van der Waals surface area contributed by atoms with E-state index in [0.717, 1.165) is 21.7 Å². The van der Waals surface area contributed by atoms with Gasteiger partial charge in [-0.25, -0.2) is 8.42 Å². The summed E-state index contributed by atoms with van der Waals surface area (Å²) >= 11 is 0. The fourth-order valence-electron chi connectivity index (χ4n) is 3.12. The smallest absolute Gasteiger partial charge is 0.246 e. The predicted octanol–water partition coefficient (Wildman–Crippen LogP) is 2.86. The fraction of sp³-hybridized carbons (Fsp3) is 0.286. The van der Waals surface area contributed by atoms with Crippen molar-refractivity contribution >= 4 is 21.6 Å². The Kier molecular flexibility index (Phi) is 6.21. The minimum absolute atomic E-state index is 0.0640. The van der Waals surface area contributed by atoms with Gasteiger partial charge < -0.3 is 9.42 Å².